The molecule has 0 aromatic heterocycles. The molecule has 4 nitrogen and oxygen atoms in total. The van der Waals surface area contributed by atoms with E-state index in [2.05, 4.69) is 22.2 Å². The lowest BCUT2D eigenvalue weighted by Crippen LogP contribution is -2.47. The van der Waals surface area contributed by atoms with Gasteiger partial charge < -0.3 is 10.2 Å². The van der Waals surface area contributed by atoms with Gasteiger partial charge in [-0.25, -0.2) is 4.39 Å². The fourth-order valence-corrected chi connectivity index (χ4v) is 3.67. The van der Waals surface area contributed by atoms with Crippen LogP contribution in [0.15, 0.2) is 24.3 Å². The number of nitrogens with one attached hydrogen (secondary N) is 1. The average molecular weight is 305 g/mol. The number of hydrogen-bond donors (Lipinski definition) is 1. The van der Waals surface area contributed by atoms with Gasteiger partial charge in [0, 0.05) is 31.2 Å². The largest absolute Gasteiger partial charge is 0.326 e. The lowest BCUT2D eigenvalue weighted by molar-refractivity contribution is -0.116. The van der Waals surface area contributed by atoms with Gasteiger partial charge in [0.1, 0.15) is 5.82 Å². The molecule has 2 saturated heterocycles. The molecule has 0 aliphatic carbocycles. The van der Waals surface area contributed by atoms with Gasteiger partial charge in [0.05, 0.1) is 0 Å². The summed E-state index contributed by atoms with van der Waals surface area (Å²) < 4.78 is 12.8. The molecule has 1 aromatic rings. The number of benzene rings is 1. The van der Waals surface area contributed by atoms with Crippen molar-refractivity contribution in [2.45, 2.75) is 25.3 Å². The number of hydrogen-bond acceptors (Lipinski definition) is 3. The van der Waals surface area contributed by atoms with E-state index in [9.17, 15) is 9.18 Å². The molecule has 0 spiro atoms. The highest BCUT2D eigenvalue weighted by Crippen LogP contribution is 2.31. The number of carbonyl (C=O) groups is 1. The first-order valence-corrected chi connectivity index (χ1v) is 8.10. The molecule has 0 unspecified atom stereocenters. The molecule has 120 valence electrons. The van der Waals surface area contributed by atoms with Crippen molar-refractivity contribution >= 4 is 11.6 Å². The average Bonchev–Trinajstić information content (AvgIpc) is 2.90. The molecule has 0 radical (unpaired) electrons. The zero-order valence-corrected chi connectivity index (χ0v) is 13.1. The van der Waals surface area contributed by atoms with E-state index >= 15 is 0 Å². The Kier molecular flexibility index (Phi) is 4.74. The molecule has 3 rings (SSSR count). The SMILES string of the molecule is CN1CC[C@@H]2CCN(CCC(=O)Nc3ccc(F)cc3)[C@@H]2C1. The molecule has 2 aliphatic rings. The number of amides is 1. The van der Waals surface area contributed by atoms with Crippen molar-refractivity contribution in [3.8, 4) is 0 Å². The van der Waals surface area contributed by atoms with Crippen LogP contribution in [0.4, 0.5) is 10.1 Å². The van der Waals surface area contributed by atoms with E-state index in [0.29, 0.717) is 18.2 Å². The highest BCUT2D eigenvalue weighted by Gasteiger charge is 2.37. The standard InChI is InChI=1S/C17H24FN3O/c1-20-9-6-13-7-10-21(16(13)12-20)11-8-17(22)19-15-4-2-14(18)3-5-15/h2-5,13,16H,6-12H2,1H3,(H,19,22)/t13-,16-/m1/s1. The van der Waals surface area contributed by atoms with Gasteiger partial charge in [-0.05, 0) is 63.2 Å². The van der Waals surface area contributed by atoms with Crippen LogP contribution in [0, 0.1) is 11.7 Å². The number of nitrogens with zero attached hydrogens (tertiary/aromatic N) is 2. The maximum atomic E-state index is 12.8. The van der Waals surface area contributed by atoms with Gasteiger partial charge in [-0.2, -0.15) is 0 Å². The van der Waals surface area contributed by atoms with Crippen molar-refractivity contribution in [1.82, 2.24) is 9.80 Å². The van der Waals surface area contributed by atoms with Crippen LogP contribution < -0.4 is 5.32 Å². The Labute approximate surface area is 131 Å². The molecule has 1 aromatic carbocycles. The Morgan fingerprint density at radius 3 is 2.77 bits per heavy atom. The van der Waals surface area contributed by atoms with E-state index in [1.165, 1.54) is 31.5 Å². The van der Waals surface area contributed by atoms with Gasteiger partial charge in [-0.1, -0.05) is 0 Å². The van der Waals surface area contributed by atoms with Crippen molar-refractivity contribution in [2.24, 2.45) is 5.92 Å². The highest BCUT2D eigenvalue weighted by atomic mass is 19.1. The summed E-state index contributed by atoms with van der Waals surface area (Å²) in [5.41, 5.74) is 0.656. The molecule has 0 bridgehead atoms. The van der Waals surface area contributed by atoms with Crippen LogP contribution >= 0.6 is 0 Å². The van der Waals surface area contributed by atoms with Crippen molar-refractivity contribution < 1.29 is 9.18 Å². The Balaban J connectivity index is 1.47. The monoisotopic (exact) mass is 305 g/mol. The Morgan fingerprint density at radius 2 is 2.00 bits per heavy atom. The van der Waals surface area contributed by atoms with Crippen LogP contribution in [0.1, 0.15) is 19.3 Å². The summed E-state index contributed by atoms with van der Waals surface area (Å²) in [5, 5.41) is 2.83. The van der Waals surface area contributed by atoms with E-state index in [1.807, 2.05) is 0 Å². The van der Waals surface area contributed by atoms with Crippen LogP contribution in [-0.4, -0.2) is 55.0 Å². The lowest BCUT2D eigenvalue weighted by atomic mass is 9.92. The van der Waals surface area contributed by atoms with Crippen LogP contribution in [0.3, 0.4) is 0 Å². The molecular formula is C17H24FN3O. The van der Waals surface area contributed by atoms with Crippen LogP contribution in [0.2, 0.25) is 0 Å². The van der Waals surface area contributed by atoms with Crippen molar-refractivity contribution in [3.05, 3.63) is 30.1 Å². The zero-order valence-electron chi connectivity index (χ0n) is 13.1. The maximum absolute atomic E-state index is 12.8. The quantitative estimate of drug-likeness (QED) is 0.926. The number of piperidine rings is 1. The second-order valence-electron chi connectivity index (χ2n) is 6.51. The Bertz CT molecular complexity index is 519. The van der Waals surface area contributed by atoms with Gasteiger partial charge in [0.15, 0.2) is 0 Å². The number of anilines is 1. The molecule has 22 heavy (non-hydrogen) atoms. The zero-order chi connectivity index (χ0) is 15.5. The van der Waals surface area contributed by atoms with Gasteiger partial charge in [0.2, 0.25) is 5.91 Å². The van der Waals surface area contributed by atoms with Crippen molar-refractivity contribution in [3.63, 3.8) is 0 Å². The lowest BCUT2D eigenvalue weighted by Gasteiger charge is -2.36. The third kappa shape index (κ3) is 3.65. The molecule has 1 amide bonds. The fourth-order valence-electron chi connectivity index (χ4n) is 3.67. The number of likely N-dealkylation sites (tertiary alicyclic amines) is 2. The maximum Gasteiger partial charge on any atom is 0.225 e. The molecule has 2 fully saturated rings. The minimum atomic E-state index is -0.289. The third-order valence-corrected chi connectivity index (χ3v) is 4.93. The third-order valence-electron chi connectivity index (χ3n) is 4.93. The van der Waals surface area contributed by atoms with E-state index in [1.54, 1.807) is 12.1 Å². The second-order valence-corrected chi connectivity index (χ2v) is 6.51. The van der Waals surface area contributed by atoms with Crippen LogP contribution in [-0.2, 0) is 4.79 Å². The summed E-state index contributed by atoms with van der Waals surface area (Å²) in [6.45, 7) is 4.22. The molecule has 2 atom stereocenters. The predicted octanol–water partition coefficient (Wildman–Crippen LogP) is 2.18. The summed E-state index contributed by atoms with van der Waals surface area (Å²) in [6, 6.07) is 6.51. The summed E-state index contributed by atoms with van der Waals surface area (Å²) in [6.07, 6.45) is 3.03. The van der Waals surface area contributed by atoms with Crippen molar-refractivity contribution in [2.75, 3.05) is 38.5 Å². The van der Waals surface area contributed by atoms with E-state index in [0.717, 1.165) is 25.6 Å². The summed E-state index contributed by atoms with van der Waals surface area (Å²) in [4.78, 5) is 16.9. The normalized spacial score (nSPS) is 25.9. The number of carbonyl (C=O) groups excluding carboxylic acids is 1. The minimum Gasteiger partial charge on any atom is -0.326 e. The fraction of sp³-hybridized carbons (Fsp3) is 0.588. The number of rotatable bonds is 4. The molecular weight excluding hydrogens is 281 g/mol. The van der Waals surface area contributed by atoms with E-state index in [4.69, 9.17) is 0 Å². The van der Waals surface area contributed by atoms with Crippen molar-refractivity contribution in [1.29, 1.82) is 0 Å². The second kappa shape index (κ2) is 6.75. The first-order chi connectivity index (χ1) is 10.6. The van der Waals surface area contributed by atoms with E-state index in [-0.39, 0.29) is 11.7 Å². The number of fused-ring (bicyclic) bond motifs is 1. The number of likely N-dealkylation sites (N-methyl/N-ethyl adjacent to an activating group) is 1. The van der Waals surface area contributed by atoms with Gasteiger partial charge in [-0.3, -0.25) is 9.69 Å². The predicted molar refractivity (Wildman–Crippen MR) is 85.2 cm³/mol. The summed E-state index contributed by atoms with van der Waals surface area (Å²) in [7, 11) is 2.17. The molecule has 2 heterocycles. The minimum absolute atomic E-state index is 0.000720. The summed E-state index contributed by atoms with van der Waals surface area (Å²) >= 11 is 0. The highest BCUT2D eigenvalue weighted by molar-refractivity contribution is 5.90. The van der Waals surface area contributed by atoms with Gasteiger partial charge >= 0.3 is 0 Å². The first kappa shape index (κ1) is 15.4. The molecule has 2 aliphatic heterocycles. The van der Waals surface area contributed by atoms with Gasteiger partial charge in [0.25, 0.3) is 0 Å². The first-order valence-electron chi connectivity index (χ1n) is 8.10. The van der Waals surface area contributed by atoms with E-state index < -0.39 is 0 Å². The molecule has 1 N–H and O–H groups in total. The van der Waals surface area contributed by atoms with Crippen LogP contribution in [0.25, 0.3) is 0 Å². The van der Waals surface area contributed by atoms with Gasteiger partial charge in [-0.15, -0.1) is 0 Å². The summed E-state index contributed by atoms with van der Waals surface area (Å²) in [5.74, 6) is 0.512. The Morgan fingerprint density at radius 1 is 1.27 bits per heavy atom. The van der Waals surface area contributed by atoms with Crippen LogP contribution in [0.5, 0.6) is 0 Å². The molecule has 5 heteroatoms. The Hall–Kier alpha value is -1.46. The molecule has 0 saturated carbocycles. The smallest absolute Gasteiger partial charge is 0.225 e. The number of halogens is 1. The topological polar surface area (TPSA) is 35.6 Å².